The van der Waals surface area contributed by atoms with Crippen LogP contribution in [0.4, 0.5) is 11.4 Å². The number of halogens is 1. The number of nitriles is 1. The monoisotopic (exact) mass is 443 g/mol. The predicted octanol–water partition coefficient (Wildman–Crippen LogP) is 0.381. The summed E-state index contributed by atoms with van der Waals surface area (Å²) in [6.45, 7) is 2.00. The van der Waals surface area contributed by atoms with Crippen molar-refractivity contribution >= 4 is 57.9 Å². The third kappa shape index (κ3) is 5.51. The van der Waals surface area contributed by atoms with E-state index in [1.165, 1.54) is 10.8 Å². The van der Waals surface area contributed by atoms with E-state index in [1.54, 1.807) is 31.2 Å². The van der Waals surface area contributed by atoms with Crippen molar-refractivity contribution in [1.82, 2.24) is 9.88 Å². The number of alkyl halides is 1. The maximum absolute atomic E-state index is 12.7. The number of benzene rings is 1. The van der Waals surface area contributed by atoms with Gasteiger partial charge in [0.1, 0.15) is 21.1 Å². The van der Waals surface area contributed by atoms with Crippen molar-refractivity contribution in [3.8, 4) is 18.4 Å². The highest BCUT2D eigenvalue weighted by Crippen LogP contribution is 2.15. The lowest BCUT2D eigenvalue weighted by atomic mass is 10.3. The smallest absolute Gasteiger partial charge is 0.270 e. The fraction of sp³-hybridized carbons (Fsp3) is 0.200. The Morgan fingerprint density at radius 1 is 1.37 bits per heavy atom. The molecular weight excluding hydrogens is 426 g/mol. The molecule has 0 atom stereocenters. The number of anilines is 2. The Morgan fingerprint density at radius 3 is 2.73 bits per heavy atom. The van der Waals surface area contributed by atoms with Crippen LogP contribution in [0.5, 0.6) is 0 Å². The van der Waals surface area contributed by atoms with Crippen LogP contribution in [-0.4, -0.2) is 28.8 Å². The van der Waals surface area contributed by atoms with E-state index in [9.17, 15) is 19.6 Å². The summed E-state index contributed by atoms with van der Waals surface area (Å²) in [5, 5.41) is 17.5. The van der Waals surface area contributed by atoms with E-state index >= 15 is 0 Å². The number of hydrogen-bond acceptors (Lipinski definition) is 6. The SMILES string of the molecule is C#CCNC(=O)/C(C#N)=c1\s/c(=C/Nc2cccc(NC(=O)CCl)c2)c(=O)n1CC. The molecule has 0 saturated heterocycles. The fourth-order valence-electron chi connectivity index (χ4n) is 2.44. The van der Waals surface area contributed by atoms with Crippen molar-refractivity contribution in [2.75, 3.05) is 23.1 Å². The molecule has 3 N–H and O–H groups in total. The number of hydrogen-bond donors (Lipinski definition) is 3. The molecule has 1 heterocycles. The van der Waals surface area contributed by atoms with Crippen molar-refractivity contribution < 1.29 is 9.59 Å². The molecule has 0 spiro atoms. The maximum Gasteiger partial charge on any atom is 0.270 e. The zero-order valence-corrected chi connectivity index (χ0v) is 17.6. The van der Waals surface area contributed by atoms with Gasteiger partial charge >= 0.3 is 0 Å². The highest BCUT2D eigenvalue weighted by atomic mass is 35.5. The molecule has 154 valence electrons. The van der Waals surface area contributed by atoms with Crippen molar-refractivity contribution in [1.29, 1.82) is 5.26 Å². The van der Waals surface area contributed by atoms with Gasteiger partial charge in [-0.15, -0.1) is 29.4 Å². The first kappa shape index (κ1) is 22.8. The zero-order valence-electron chi connectivity index (χ0n) is 16.0. The lowest BCUT2D eigenvalue weighted by Crippen LogP contribution is -2.34. The van der Waals surface area contributed by atoms with E-state index in [2.05, 4.69) is 21.9 Å². The number of aromatic nitrogens is 1. The minimum atomic E-state index is -0.638. The van der Waals surface area contributed by atoms with Crippen LogP contribution in [0.1, 0.15) is 6.92 Å². The fourth-order valence-corrected chi connectivity index (χ4v) is 3.59. The number of amides is 2. The molecule has 0 saturated carbocycles. The molecular formula is C20H18ClN5O3S. The Kier molecular flexibility index (Phi) is 8.24. The number of carbonyl (C=O) groups excluding carboxylic acids is 2. The molecule has 8 nitrogen and oxygen atoms in total. The Morgan fingerprint density at radius 2 is 2.10 bits per heavy atom. The molecule has 0 radical (unpaired) electrons. The van der Waals surface area contributed by atoms with Gasteiger partial charge in [-0.2, -0.15) is 5.26 Å². The Balaban J connectivity index is 2.45. The average molecular weight is 444 g/mol. The quantitative estimate of drug-likeness (QED) is 0.422. The number of carbonyl (C=O) groups is 2. The van der Waals surface area contributed by atoms with Crippen molar-refractivity contribution in [3.63, 3.8) is 0 Å². The van der Waals surface area contributed by atoms with Crippen LogP contribution in [0.2, 0.25) is 0 Å². The summed E-state index contributed by atoms with van der Waals surface area (Å²) in [6.07, 6.45) is 6.61. The van der Waals surface area contributed by atoms with Crippen molar-refractivity contribution in [2.45, 2.75) is 13.5 Å². The van der Waals surface area contributed by atoms with E-state index in [-0.39, 0.29) is 40.7 Å². The topological polar surface area (TPSA) is 116 Å². The molecule has 0 aliphatic rings. The lowest BCUT2D eigenvalue weighted by Gasteiger charge is -2.05. The lowest BCUT2D eigenvalue weighted by molar-refractivity contribution is -0.115. The average Bonchev–Trinajstić information content (AvgIpc) is 3.06. The van der Waals surface area contributed by atoms with Gasteiger partial charge in [-0.05, 0) is 25.1 Å². The van der Waals surface area contributed by atoms with Crippen LogP contribution < -0.4 is 30.7 Å². The van der Waals surface area contributed by atoms with Crippen LogP contribution in [0.15, 0.2) is 29.1 Å². The molecule has 0 fully saturated rings. The summed E-state index contributed by atoms with van der Waals surface area (Å²) >= 11 is 6.50. The number of terminal acetylenes is 1. The molecule has 0 unspecified atom stereocenters. The van der Waals surface area contributed by atoms with E-state index in [0.717, 1.165) is 11.3 Å². The summed E-state index contributed by atoms with van der Waals surface area (Å²) in [7, 11) is 0. The van der Waals surface area contributed by atoms with Crippen molar-refractivity contribution in [2.24, 2.45) is 0 Å². The summed E-state index contributed by atoms with van der Waals surface area (Å²) in [5.74, 6) is 1.12. The first-order valence-corrected chi connectivity index (χ1v) is 10.1. The van der Waals surface area contributed by atoms with Gasteiger partial charge in [-0.1, -0.05) is 12.0 Å². The molecule has 10 heteroatoms. The summed E-state index contributed by atoms with van der Waals surface area (Å²) in [5.41, 5.74) is 0.645. The van der Waals surface area contributed by atoms with E-state index in [4.69, 9.17) is 18.0 Å². The summed E-state index contributed by atoms with van der Waals surface area (Å²) in [6, 6.07) is 8.70. The molecule has 0 aliphatic heterocycles. The van der Waals surface area contributed by atoms with Gasteiger partial charge in [0.05, 0.1) is 6.54 Å². The number of rotatable bonds is 7. The number of nitrogens with one attached hydrogen (secondary N) is 3. The van der Waals surface area contributed by atoms with Crippen LogP contribution in [0.25, 0.3) is 11.8 Å². The second kappa shape index (κ2) is 10.9. The largest absolute Gasteiger partial charge is 0.360 e. The molecule has 0 aliphatic carbocycles. The van der Waals surface area contributed by atoms with Crippen LogP contribution in [0.3, 0.4) is 0 Å². The minimum absolute atomic E-state index is 0.0249. The van der Waals surface area contributed by atoms with Gasteiger partial charge in [0, 0.05) is 24.1 Å². The second-order valence-corrected chi connectivity index (χ2v) is 7.04. The van der Waals surface area contributed by atoms with Gasteiger partial charge in [0.15, 0.2) is 5.57 Å². The Bertz CT molecular complexity index is 1220. The molecule has 1 aromatic heterocycles. The standard InChI is InChI=1S/C20H18ClN5O3S/c1-3-8-23-18(28)15(11-22)20-26(4-2)19(29)16(30-20)12-24-13-6-5-7-14(9-13)25-17(27)10-21/h1,5-7,9,12,24H,4,8,10H2,2H3,(H,23,28)(H,25,27)/b16-12+,20-15-. The first-order chi connectivity index (χ1) is 14.4. The first-order valence-electron chi connectivity index (χ1n) is 8.73. The van der Waals surface area contributed by atoms with Crippen LogP contribution in [0, 0.1) is 23.7 Å². The van der Waals surface area contributed by atoms with E-state index < -0.39 is 5.91 Å². The highest BCUT2D eigenvalue weighted by molar-refractivity contribution is 7.07. The van der Waals surface area contributed by atoms with Crippen LogP contribution in [-0.2, 0) is 16.1 Å². The maximum atomic E-state index is 12.7. The van der Waals surface area contributed by atoms with Crippen molar-refractivity contribution in [3.05, 3.63) is 43.8 Å². The normalized spacial score (nSPS) is 11.8. The van der Waals surface area contributed by atoms with Gasteiger partial charge in [0.2, 0.25) is 5.91 Å². The molecule has 2 rings (SSSR count). The number of nitrogens with zero attached hydrogens (tertiary/aromatic N) is 2. The van der Waals surface area contributed by atoms with E-state index in [1.807, 2.05) is 6.07 Å². The summed E-state index contributed by atoms with van der Waals surface area (Å²) in [4.78, 5) is 36.3. The van der Waals surface area contributed by atoms with Gasteiger partial charge in [-0.25, -0.2) is 0 Å². The number of thiazole rings is 1. The summed E-state index contributed by atoms with van der Waals surface area (Å²) < 4.78 is 1.90. The third-order valence-electron chi connectivity index (χ3n) is 3.77. The van der Waals surface area contributed by atoms with Gasteiger partial charge in [0.25, 0.3) is 11.5 Å². The van der Waals surface area contributed by atoms with Crippen LogP contribution >= 0.6 is 22.9 Å². The van der Waals surface area contributed by atoms with E-state index in [0.29, 0.717) is 15.9 Å². The van der Waals surface area contributed by atoms with Gasteiger partial charge < -0.3 is 16.0 Å². The Hall–Kier alpha value is -3.53. The second-order valence-electron chi connectivity index (χ2n) is 5.75. The zero-order chi connectivity index (χ0) is 22.1. The Labute approximate surface area is 181 Å². The molecule has 2 amide bonds. The molecule has 30 heavy (non-hydrogen) atoms. The molecule has 2 aromatic rings. The highest BCUT2D eigenvalue weighted by Gasteiger charge is 2.14. The predicted molar refractivity (Wildman–Crippen MR) is 118 cm³/mol. The minimum Gasteiger partial charge on any atom is -0.360 e. The van der Waals surface area contributed by atoms with Gasteiger partial charge in [-0.3, -0.25) is 19.0 Å². The molecule has 0 bridgehead atoms. The third-order valence-corrected chi connectivity index (χ3v) is 5.14. The molecule has 1 aromatic carbocycles.